The molecule has 3 heterocycles. The first-order valence-electron chi connectivity index (χ1n) is 6.65. The number of hydrogen-bond donors (Lipinski definition) is 0. The van der Waals surface area contributed by atoms with E-state index in [1.54, 1.807) is 28.8 Å². The molecule has 3 rings (SSSR count). The van der Waals surface area contributed by atoms with Gasteiger partial charge in [0.15, 0.2) is 0 Å². The third kappa shape index (κ3) is 2.91. The molecule has 1 saturated heterocycles. The predicted molar refractivity (Wildman–Crippen MR) is 77.3 cm³/mol. The lowest BCUT2D eigenvalue weighted by Gasteiger charge is -2.17. The van der Waals surface area contributed by atoms with Crippen molar-refractivity contribution in [2.45, 2.75) is 13.0 Å². The SMILES string of the molecule is CN1CCCN(Cc2csc(-c3ccoc3)n2)CC1=O. The van der Waals surface area contributed by atoms with E-state index in [2.05, 4.69) is 15.3 Å². The standard InChI is InChI=1S/C14H17N3O2S/c1-16-4-2-5-17(8-13(16)18)7-12-10-20-14(15-12)11-3-6-19-9-11/h3,6,9-10H,2,4-5,7-8H2,1H3. The summed E-state index contributed by atoms with van der Waals surface area (Å²) in [6.07, 6.45) is 4.37. The highest BCUT2D eigenvalue weighted by Crippen LogP contribution is 2.24. The highest BCUT2D eigenvalue weighted by Gasteiger charge is 2.19. The fourth-order valence-electron chi connectivity index (χ4n) is 2.31. The van der Waals surface area contributed by atoms with Crippen molar-refractivity contribution in [3.63, 3.8) is 0 Å². The average molecular weight is 291 g/mol. The number of rotatable bonds is 3. The zero-order chi connectivity index (χ0) is 13.9. The minimum Gasteiger partial charge on any atom is -0.472 e. The van der Waals surface area contributed by atoms with Gasteiger partial charge in [-0.25, -0.2) is 4.98 Å². The maximum atomic E-state index is 11.9. The van der Waals surface area contributed by atoms with E-state index in [4.69, 9.17) is 4.42 Å². The highest BCUT2D eigenvalue weighted by molar-refractivity contribution is 7.13. The van der Waals surface area contributed by atoms with E-state index in [0.717, 1.165) is 42.3 Å². The Kier molecular flexibility index (Phi) is 3.84. The molecule has 6 heteroatoms. The zero-order valence-corrected chi connectivity index (χ0v) is 12.2. The third-order valence-electron chi connectivity index (χ3n) is 3.46. The summed E-state index contributed by atoms with van der Waals surface area (Å²) < 4.78 is 5.08. The monoisotopic (exact) mass is 291 g/mol. The Morgan fingerprint density at radius 2 is 2.35 bits per heavy atom. The van der Waals surface area contributed by atoms with Gasteiger partial charge in [0.2, 0.25) is 5.91 Å². The van der Waals surface area contributed by atoms with Crippen molar-refractivity contribution in [1.82, 2.24) is 14.8 Å². The van der Waals surface area contributed by atoms with Crippen LogP contribution in [0, 0.1) is 0 Å². The minimum atomic E-state index is 0.188. The summed E-state index contributed by atoms with van der Waals surface area (Å²) >= 11 is 1.61. The number of carbonyl (C=O) groups excluding carboxylic acids is 1. The lowest BCUT2D eigenvalue weighted by atomic mass is 10.3. The molecule has 106 valence electrons. The molecule has 0 aliphatic carbocycles. The molecule has 0 radical (unpaired) electrons. The normalized spacial score (nSPS) is 17.4. The largest absolute Gasteiger partial charge is 0.472 e. The Labute approximate surface area is 121 Å². The van der Waals surface area contributed by atoms with Crippen LogP contribution in [0.15, 0.2) is 28.4 Å². The minimum absolute atomic E-state index is 0.188. The zero-order valence-electron chi connectivity index (χ0n) is 11.4. The third-order valence-corrected chi connectivity index (χ3v) is 4.40. The first-order chi connectivity index (χ1) is 9.72. The maximum absolute atomic E-state index is 11.9. The lowest BCUT2D eigenvalue weighted by Crippen LogP contribution is -2.34. The molecule has 0 aromatic carbocycles. The average Bonchev–Trinajstić information content (AvgIpc) is 3.05. The van der Waals surface area contributed by atoms with E-state index in [0.29, 0.717) is 6.54 Å². The van der Waals surface area contributed by atoms with E-state index in [1.165, 1.54) is 0 Å². The second-order valence-corrected chi connectivity index (χ2v) is 5.89. The quantitative estimate of drug-likeness (QED) is 0.868. The summed E-state index contributed by atoms with van der Waals surface area (Å²) in [6.45, 7) is 2.99. The number of carbonyl (C=O) groups is 1. The number of nitrogens with zero attached hydrogens (tertiary/aromatic N) is 3. The summed E-state index contributed by atoms with van der Waals surface area (Å²) in [5.41, 5.74) is 2.02. The number of amides is 1. The van der Waals surface area contributed by atoms with Crippen LogP contribution in [0.1, 0.15) is 12.1 Å². The molecule has 2 aromatic rings. The van der Waals surface area contributed by atoms with Crippen LogP contribution in [0.5, 0.6) is 0 Å². The summed E-state index contributed by atoms with van der Waals surface area (Å²) in [6, 6.07) is 1.91. The first kappa shape index (κ1) is 13.3. The van der Waals surface area contributed by atoms with Gasteiger partial charge in [-0.3, -0.25) is 9.69 Å². The lowest BCUT2D eigenvalue weighted by molar-refractivity contribution is -0.130. The Morgan fingerprint density at radius 1 is 1.45 bits per heavy atom. The molecule has 0 N–H and O–H groups in total. The van der Waals surface area contributed by atoms with Crippen LogP contribution in [0.3, 0.4) is 0 Å². The maximum Gasteiger partial charge on any atom is 0.236 e. The van der Waals surface area contributed by atoms with Crippen LogP contribution in [-0.2, 0) is 11.3 Å². The van der Waals surface area contributed by atoms with Crippen molar-refractivity contribution < 1.29 is 9.21 Å². The number of likely N-dealkylation sites (N-methyl/N-ethyl adjacent to an activating group) is 1. The van der Waals surface area contributed by atoms with Crippen LogP contribution in [-0.4, -0.2) is 47.4 Å². The van der Waals surface area contributed by atoms with Crippen LogP contribution in [0.25, 0.3) is 10.6 Å². The molecule has 1 aliphatic rings. The molecular formula is C14H17N3O2S. The van der Waals surface area contributed by atoms with Crippen LogP contribution in [0.2, 0.25) is 0 Å². The highest BCUT2D eigenvalue weighted by atomic mass is 32.1. The predicted octanol–water partition coefficient (Wildman–Crippen LogP) is 2.07. The Hall–Kier alpha value is -1.66. The van der Waals surface area contributed by atoms with Gasteiger partial charge in [0.1, 0.15) is 11.3 Å². The molecule has 0 unspecified atom stereocenters. The summed E-state index contributed by atoms with van der Waals surface area (Å²) in [4.78, 5) is 20.4. The van der Waals surface area contributed by atoms with Gasteiger partial charge in [-0.05, 0) is 12.5 Å². The molecule has 20 heavy (non-hydrogen) atoms. The van der Waals surface area contributed by atoms with E-state index in [9.17, 15) is 4.79 Å². The molecule has 5 nitrogen and oxygen atoms in total. The molecule has 1 amide bonds. The van der Waals surface area contributed by atoms with E-state index < -0.39 is 0 Å². The second-order valence-electron chi connectivity index (χ2n) is 5.04. The molecule has 0 spiro atoms. The number of aromatic nitrogens is 1. The van der Waals surface area contributed by atoms with Gasteiger partial charge >= 0.3 is 0 Å². The van der Waals surface area contributed by atoms with Gasteiger partial charge in [0.25, 0.3) is 0 Å². The fraction of sp³-hybridized carbons (Fsp3) is 0.429. The van der Waals surface area contributed by atoms with Crippen molar-refractivity contribution >= 4 is 17.2 Å². The van der Waals surface area contributed by atoms with Crippen molar-refractivity contribution in [3.05, 3.63) is 29.7 Å². The van der Waals surface area contributed by atoms with Gasteiger partial charge < -0.3 is 9.32 Å². The van der Waals surface area contributed by atoms with Crippen molar-refractivity contribution in [2.75, 3.05) is 26.7 Å². The van der Waals surface area contributed by atoms with E-state index >= 15 is 0 Å². The molecule has 0 atom stereocenters. The van der Waals surface area contributed by atoms with Crippen LogP contribution >= 0.6 is 11.3 Å². The Morgan fingerprint density at radius 3 is 3.15 bits per heavy atom. The van der Waals surface area contributed by atoms with Gasteiger partial charge in [-0.1, -0.05) is 0 Å². The number of furan rings is 1. The Bertz CT molecular complexity index is 579. The summed E-state index contributed by atoms with van der Waals surface area (Å²) in [7, 11) is 1.87. The summed E-state index contributed by atoms with van der Waals surface area (Å²) in [5, 5.41) is 3.02. The second kappa shape index (κ2) is 5.76. The van der Waals surface area contributed by atoms with Crippen LogP contribution < -0.4 is 0 Å². The van der Waals surface area contributed by atoms with Crippen LogP contribution in [0.4, 0.5) is 0 Å². The molecule has 2 aromatic heterocycles. The molecule has 1 aliphatic heterocycles. The molecule has 0 bridgehead atoms. The van der Waals surface area contributed by atoms with Gasteiger partial charge in [0.05, 0.1) is 18.5 Å². The van der Waals surface area contributed by atoms with E-state index in [1.807, 2.05) is 13.1 Å². The number of thiazole rings is 1. The smallest absolute Gasteiger partial charge is 0.236 e. The molecule has 0 saturated carbocycles. The van der Waals surface area contributed by atoms with Crippen molar-refractivity contribution in [2.24, 2.45) is 0 Å². The van der Waals surface area contributed by atoms with Gasteiger partial charge in [0, 0.05) is 37.6 Å². The van der Waals surface area contributed by atoms with E-state index in [-0.39, 0.29) is 5.91 Å². The fourth-order valence-corrected chi connectivity index (χ4v) is 3.11. The number of hydrogen-bond acceptors (Lipinski definition) is 5. The molecule has 1 fully saturated rings. The summed E-state index contributed by atoms with van der Waals surface area (Å²) in [5.74, 6) is 0.188. The Balaban J connectivity index is 1.67. The van der Waals surface area contributed by atoms with Gasteiger partial charge in [-0.2, -0.15) is 0 Å². The van der Waals surface area contributed by atoms with Crippen molar-refractivity contribution in [3.8, 4) is 10.6 Å². The first-order valence-corrected chi connectivity index (χ1v) is 7.53. The molecular weight excluding hydrogens is 274 g/mol. The van der Waals surface area contributed by atoms with Gasteiger partial charge in [-0.15, -0.1) is 11.3 Å². The topological polar surface area (TPSA) is 49.6 Å². The van der Waals surface area contributed by atoms with Crippen molar-refractivity contribution in [1.29, 1.82) is 0 Å².